The molecule has 0 aromatic rings. The molecule has 0 amide bonds. The van der Waals surface area contributed by atoms with Crippen LogP contribution in [0.3, 0.4) is 0 Å². The highest BCUT2D eigenvalue weighted by Gasteiger charge is 2.60. The average Bonchev–Trinajstić information content (AvgIpc) is 2.92. The van der Waals surface area contributed by atoms with Gasteiger partial charge in [0, 0.05) is 36.6 Å². The Labute approximate surface area is 110 Å². The van der Waals surface area contributed by atoms with Crippen molar-refractivity contribution in [3.05, 3.63) is 0 Å². The molecule has 3 heteroatoms. The first-order valence-corrected chi connectivity index (χ1v) is 7.67. The van der Waals surface area contributed by atoms with Gasteiger partial charge in [0.2, 0.25) is 0 Å². The van der Waals surface area contributed by atoms with Crippen LogP contribution < -0.4 is 5.32 Å². The Kier molecular flexibility index (Phi) is 2.56. The van der Waals surface area contributed by atoms with E-state index >= 15 is 0 Å². The summed E-state index contributed by atoms with van der Waals surface area (Å²) in [4.78, 5) is 0. The molecule has 2 heterocycles. The molecule has 0 aromatic carbocycles. The van der Waals surface area contributed by atoms with Gasteiger partial charge in [-0.3, -0.25) is 0 Å². The maximum atomic E-state index is 5.94. The van der Waals surface area contributed by atoms with Crippen LogP contribution in [0.5, 0.6) is 0 Å². The molecule has 5 unspecified atom stereocenters. The zero-order valence-electron chi connectivity index (χ0n) is 11.5. The number of hydrogen-bond acceptors (Lipinski definition) is 3. The van der Waals surface area contributed by atoms with Crippen LogP contribution in [0, 0.1) is 17.3 Å². The van der Waals surface area contributed by atoms with Crippen molar-refractivity contribution in [2.75, 3.05) is 13.2 Å². The molecule has 0 aromatic heterocycles. The molecule has 4 aliphatic rings. The summed E-state index contributed by atoms with van der Waals surface area (Å²) in [5.74, 6) is 1.60. The first-order chi connectivity index (χ1) is 8.68. The Morgan fingerprint density at radius 1 is 1.00 bits per heavy atom. The van der Waals surface area contributed by atoms with Crippen molar-refractivity contribution in [1.82, 2.24) is 5.32 Å². The molecule has 18 heavy (non-hydrogen) atoms. The highest BCUT2D eigenvalue weighted by Crippen LogP contribution is 2.52. The minimum Gasteiger partial charge on any atom is -0.377 e. The zero-order chi connectivity index (χ0) is 12.3. The van der Waals surface area contributed by atoms with Gasteiger partial charge in [-0.2, -0.15) is 0 Å². The van der Waals surface area contributed by atoms with E-state index in [2.05, 4.69) is 19.2 Å². The standard InChI is InChI=1S/C15H25NO2/c1-15(2)13(10-5-7-18-14(10)15)16-11-6-8-17-12(11)9-3-4-9/h9-14,16H,3-8H2,1-2H3. The Morgan fingerprint density at radius 2 is 1.78 bits per heavy atom. The fourth-order valence-electron chi connectivity index (χ4n) is 4.57. The number of hydrogen-bond donors (Lipinski definition) is 1. The molecule has 2 aliphatic heterocycles. The summed E-state index contributed by atoms with van der Waals surface area (Å²) in [6.07, 6.45) is 6.20. The van der Waals surface area contributed by atoms with Gasteiger partial charge in [-0.05, 0) is 31.6 Å². The van der Waals surface area contributed by atoms with Crippen molar-refractivity contribution in [3.63, 3.8) is 0 Å². The van der Waals surface area contributed by atoms with Gasteiger partial charge >= 0.3 is 0 Å². The third kappa shape index (κ3) is 1.60. The third-order valence-electron chi connectivity index (χ3n) is 5.72. The van der Waals surface area contributed by atoms with E-state index in [0.29, 0.717) is 29.7 Å². The summed E-state index contributed by atoms with van der Waals surface area (Å²) in [6, 6.07) is 1.24. The van der Waals surface area contributed by atoms with Gasteiger partial charge in [0.15, 0.2) is 0 Å². The summed E-state index contributed by atoms with van der Waals surface area (Å²) in [6.45, 7) is 6.64. The van der Waals surface area contributed by atoms with E-state index in [1.54, 1.807) is 0 Å². The third-order valence-corrected chi connectivity index (χ3v) is 5.72. The van der Waals surface area contributed by atoms with E-state index in [4.69, 9.17) is 9.47 Å². The van der Waals surface area contributed by atoms with Crippen LogP contribution in [-0.4, -0.2) is 37.5 Å². The normalized spacial score (nSPS) is 50.0. The smallest absolute Gasteiger partial charge is 0.0757 e. The first-order valence-electron chi connectivity index (χ1n) is 7.67. The van der Waals surface area contributed by atoms with Crippen LogP contribution in [0.15, 0.2) is 0 Å². The minimum atomic E-state index is 0.303. The van der Waals surface area contributed by atoms with Gasteiger partial charge in [-0.25, -0.2) is 0 Å². The van der Waals surface area contributed by atoms with Gasteiger partial charge < -0.3 is 14.8 Å². The molecular formula is C15H25NO2. The quantitative estimate of drug-likeness (QED) is 0.831. The Hall–Kier alpha value is -0.120. The molecule has 0 bridgehead atoms. The Morgan fingerprint density at radius 3 is 2.56 bits per heavy atom. The second kappa shape index (κ2) is 3.94. The molecule has 2 aliphatic carbocycles. The molecule has 5 atom stereocenters. The van der Waals surface area contributed by atoms with Crippen molar-refractivity contribution in [2.45, 2.75) is 63.8 Å². The van der Waals surface area contributed by atoms with Crippen LogP contribution >= 0.6 is 0 Å². The fourth-order valence-corrected chi connectivity index (χ4v) is 4.57. The summed E-state index contributed by atoms with van der Waals surface area (Å²) in [7, 11) is 0. The van der Waals surface area contributed by atoms with Gasteiger partial charge in [0.05, 0.1) is 12.2 Å². The second-order valence-electron chi connectivity index (χ2n) is 7.28. The zero-order valence-corrected chi connectivity index (χ0v) is 11.5. The molecule has 4 rings (SSSR count). The molecule has 102 valence electrons. The first kappa shape index (κ1) is 11.7. The number of fused-ring (bicyclic) bond motifs is 1. The van der Waals surface area contributed by atoms with Gasteiger partial charge in [-0.1, -0.05) is 13.8 Å². The van der Waals surface area contributed by atoms with Crippen LogP contribution in [0.4, 0.5) is 0 Å². The van der Waals surface area contributed by atoms with Crippen molar-refractivity contribution < 1.29 is 9.47 Å². The van der Waals surface area contributed by atoms with E-state index in [1.807, 2.05) is 0 Å². The van der Waals surface area contributed by atoms with Gasteiger partial charge in [0.1, 0.15) is 0 Å². The predicted octanol–water partition coefficient (Wildman–Crippen LogP) is 1.96. The molecule has 2 saturated heterocycles. The number of ether oxygens (including phenoxy) is 2. The lowest BCUT2D eigenvalue weighted by atomic mass is 9.57. The average molecular weight is 251 g/mol. The lowest BCUT2D eigenvalue weighted by Gasteiger charge is -2.56. The number of rotatable bonds is 3. The summed E-state index contributed by atoms with van der Waals surface area (Å²) < 4.78 is 11.8. The highest BCUT2D eigenvalue weighted by molar-refractivity contribution is 5.12. The molecule has 0 spiro atoms. The largest absolute Gasteiger partial charge is 0.377 e. The predicted molar refractivity (Wildman–Crippen MR) is 69.4 cm³/mol. The van der Waals surface area contributed by atoms with Crippen LogP contribution in [0.2, 0.25) is 0 Å². The molecule has 3 nitrogen and oxygen atoms in total. The lowest BCUT2D eigenvalue weighted by Crippen LogP contribution is -2.68. The molecule has 4 fully saturated rings. The van der Waals surface area contributed by atoms with Crippen LogP contribution in [-0.2, 0) is 9.47 Å². The second-order valence-corrected chi connectivity index (χ2v) is 7.28. The van der Waals surface area contributed by atoms with Gasteiger partial charge in [0.25, 0.3) is 0 Å². The SMILES string of the molecule is CC1(C)C(NC2CCOC2C2CC2)C2CCOC21. The summed E-state index contributed by atoms with van der Waals surface area (Å²) in [5.41, 5.74) is 0.303. The van der Waals surface area contributed by atoms with E-state index in [-0.39, 0.29) is 0 Å². The Balaban J connectivity index is 1.44. The van der Waals surface area contributed by atoms with Crippen molar-refractivity contribution >= 4 is 0 Å². The maximum Gasteiger partial charge on any atom is 0.0757 e. The molecule has 1 N–H and O–H groups in total. The summed E-state index contributed by atoms with van der Waals surface area (Å²) in [5, 5.41) is 3.94. The van der Waals surface area contributed by atoms with Crippen molar-refractivity contribution in [3.8, 4) is 0 Å². The highest BCUT2D eigenvalue weighted by atomic mass is 16.5. The van der Waals surface area contributed by atoms with Crippen LogP contribution in [0.1, 0.15) is 39.5 Å². The van der Waals surface area contributed by atoms with E-state index < -0.39 is 0 Å². The lowest BCUT2D eigenvalue weighted by molar-refractivity contribution is -0.117. The van der Waals surface area contributed by atoms with E-state index in [1.165, 1.54) is 25.7 Å². The van der Waals surface area contributed by atoms with Crippen molar-refractivity contribution in [2.24, 2.45) is 17.3 Å². The van der Waals surface area contributed by atoms with Gasteiger partial charge in [-0.15, -0.1) is 0 Å². The summed E-state index contributed by atoms with van der Waals surface area (Å²) >= 11 is 0. The molecular weight excluding hydrogens is 226 g/mol. The molecule has 0 radical (unpaired) electrons. The fraction of sp³-hybridized carbons (Fsp3) is 1.00. The minimum absolute atomic E-state index is 0.303. The topological polar surface area (TPSA) is 30.5 Å². The molecule has 2 saturated carbocycles. The van der Waals surface area contributed by atoms with Crippen LogP contribution in [0.25, 0.3) is 0 Å². The monoisotopic (exact) mass is 251 g/mol. The van der Waals surface area contributed by atoms with E-state index in [9.17, 15) is 0 Å². The number of nitrogens with one attached hydrogen (secondary N) is 1. The van der Waals surface area contributed by atoms with Crippen molar-refractivity contribution in [1.29, 1.82) is 0 Å². The Bertz CT molecular complexity index is 339. The van der Waals surface area contributed by atoms with E-state index in [0.717, 1.165) is 25.0 Å². The maximum absolute atomic E-state index is 5.94.